The SMILES string of the molecule is N#Cc1ccccc1COc1cccc(C#CCCl)c1. The molecule has 0 saturated carbocycles. The predicted octanol–water partition coefficient (Wildman–Crippen LogP) is 3.73. The molecule has 0 heterocycles. The van der Waals surface area contributed by atoms with Crippen LogP contribution >= 0.6 is 11.6 Å². The Morgan fingerprint density at radius 1 is 1.10 bits per heavy atom. The van der Waals surface area contributed by atoms with Gasteiger partial charge in [-0.15, -0.1) is 11.6 Å². The van der Waals surface area contributed by atoms with Crippen molar-refractivity contribution >= 4 is 11.6 Å². The van der Waals surface area contributed by atoms with Gasteiger partial charge in [-0.25, -0.2) is 0 Å². The maximum atomic E-state index is 9.02. The maximum absolute atomic E-state index is 9.02. The van der Waals surface area contributed by atoms with Gasteiger partial charge in [-0.05, 0) is 24.3 Å². The van der Waals surface area contributed by atoms with Crippen LogP contribution < -0.4 is 4.74 Å². The summed E-state index contributed by atoms with van der Waals surface area (Å²) in [6.45, 7) is 0.357. The molecule has 0 fully saturated rings. The molecule has 0 radical (unpaired) electrons. The van der Waals surface area contributed by atoms with Crippen LogP contribution in [0.3, 0.4) is 0 Å². The van der Waals surface area contributed by atoms with E-state index in [0.717, 1.165) is 16.9 Å². The molecule has 2 aromatic carbocycles. The van der Waals surface area contributed by atoms with Gasteiger partial charge in [0.2, 0.25) is 0 Å². The highest BCUT2D eigenvalue weighted by molar-refractivity contribution is 6.19. The van der Waals surface area contributed by atoms with Gasteiger partial charge in [-0.1, -0.05) is 36.1 Å². The van der Waals surface area contributed by atoms with E-state index in [1.54, 1.807) is 6.07 Å². The van der Waals surface area contributed by atoms with Gasteiger partial charge < -0.3 is 4.74 Å². The molecule has 3 heteroatoms. The summed E-state index contributed by atoms with van der Waals surface area (Å²) in [6, 6.07) is 17.0. The minimum absolute atomic E-state index is 0.306. The molecule has 2 nitrogen and oxygen atoms in total. The van der Waals surface area contributed by atoms with Crippen molar-refractivity contribution < 1.29 is 4.74 Å². The smallest absolute Gasteiger partial charge is 0.121 e. The van der Waals surface area contributed by atoms with E-state index in [9.17, 15) is 0 Å². The number of hydrogen-bond acceptors (Lipinski definition) is 2. The van der Waals surface area contributed by atoms with E-state index in [1.165, 1.54) is 0 Å². The van der Waals surface area contributed by atoms with Gasteiger partial charge in [-0.3, -0.25) is 0 Å². The minimum atomic E-state index is 0.306. The molecule has 0 bridgehead atoms. The normalized spacial score (nSPS) is 9.20. The molecule has 0 aromatic heterocycles. The first-order valence-corrected chi connectivity index (χ1v) is 6.62. The number of alkyl halides is 1. The molecule has 0 spiro atoms. The van der Waals surface area contributed by atoms with Gasteiger partial charge in [-0.2, -0.15) is 5.26 Å². The van der Waals surface area contributed by atoms with Crippen LogP contribution in [0.15, 0.2) is 48.5 Å². The summed E-state index contributed by atoms with van der Waals surface area (Å²) in [5, 5.41) is 9.02. The van der Waals surface area contributed by atoms with Gasteiger partial charge in [0.05, 0.1) is 17.5 Å². The molecule has 0 saturated heterocycles. The standard InChI is InChI=1S/C17H12ClNO/c18-10-4-6-14-5-3-9-17(11-14)20-13-16-8-2-1-7-15(16)12-19/h1-3,5,7-9,11H,10,13H2. The molecule has 0 unspecified atom stereocenters. The lowest BCUT2D eigenvalue weighted by Gasteiger charge is -2.07. The molecular formula is C17H12ClNO. The average Bonchev–Trinajstić information content (AvgIpc) is 2.51. The quantitative estimate of drug-likeness (QED) is 0.634. The second-order valence-corrected chi connectivity index (χ2v) is 4.29. The average molecular weight is 282 g/mol. The molecular weight excluding hydrogens is 270 g/mol. The Morgan fingerprint density at radius 3 is 2.75 bits per heavy atom. The Kier molecular flexibility index (Phi) is 5.07. The Morgan fingerprint density at radius 2 is 1.95 bits per heavy atom. The molecule has 0 atom stereocenters. The molecule has 0 aliphatic heterocycles. The van der Waals surface area contributed by atoms with E-state index in [2.05, 4.69) is 17.9 Å². The maximum Gasteiger partial charge on any atom is 0.121 e. The van der Waals surface area contributed by atoms with Crippen molar-refractivity contribution in [3.8, 4) is 23.7 Å². The molecule has 0 N–H and O–H groups in total. The van der Waals surface area contributed by atoms with E-state index in [0.29, 0.717) is 18.1 Å². The van der Waals surface area contributed by atoms with E-state index >= 15 is 0 Å². The minimum Gasteiger partial charge on any atom is -0.489 e. The monoisotopic (exact) mass is 281 g/mol. The van der Waals surface area contributed by atoms with Crippen LogP contribution in [-0.4, -0.2) is 5.88 Å². The molecule has 2 aromatic rings. The number of nitrogens with zero attached hydrogens (tertiary/aromatic N) is 1. The molecule has 0 aliphatic carbocycles. The van der Waals surface area contributed by atoms with Crippen molar-refractivity contribution in [2.45, 2.75) is 6.61 Å². The van der Waals surface area contributed by atoms with Crippen molar-refractivity contribution in [1.82, 2.24) is 0 Å². The van der Waals surface area contributed by atoms with E-state index in [-0.39, 0.29) is 0 Å². The van der Waals surface area contributed by atoms with Gasteiger partial charge >= 0.3 is 0 Å². The van der Waals surface area contributed by atoms with Crippen LogP contribution in [-0.2, 0) is 6.61 Å². The van der Waals surface area contributed by atoms with Crippen LogP contribution in [0.2, 0.25) is 0 Å². The summed E-state index contributed by atoms with van der Waals surface area (Å²) in [7, 11) is 0. The first-order chi connectivity index (χ1) is 9.83. The Labute approximate surface area is 123 Å². The molecule has 2 rings (SSSR count). The van der Waals surface area contributed by atoms with Crippen molar-refractivity contribution in [3.05, 3.63) is 65.2 Å². The zero-order chi connectivity index (χ0) is 14.2. The van der Waals surface area contributed by atoms with Gasteiger partial charge in [0.15, 0.2) is 0 Å². The Bertz CT molecular complexity index is 692. The number of benzene rings is 2. The zero-order valence-electron chi connectivity index (χ0n) is 10.8. The third-order valence-corrected chi connectivity index (χ3v) is 2.80. The van der Waals surface area contributed by atoms with Crippen LogP contribution in [0.25, 0.3) is 0 Å². The molecule has 0 amide bonds. The fraction of sp³-hybridized carbons (Fsp3) is 0.118. The summed E-state index contributed by atoms with van der Waals surface area (Å²) in [5.74, 6) is 6.77. The lowest BCUT2D eigenvalue weighted by atomic mass is 10.1. The highest BCUT2D eigenvalue weighted by atomic mass is 35.5. The van der Waals surface area contributed by atoms with E-state index in [1.807, 2.05) is 42.5 Å². The van der Waals surface area contributed by atoms with Crippen molar-refractivity contribution in [2.24, 2.45) is 0 Å². The summed E-state index contributed by atoms with van der Waals surface area (Å²) < 4.78 is 5.70. The largest absolute Gasteiger partial charge is 0.489 e. The lowest BCUT2D eigenvalue weighted by Crippen LogP contribution is -1.98. The summed E-state index contributed by atoms with van der Waals surface area (Å²) >= 11 is 5.53. The van der Waals surface area contributed by atoms with E-state index < -0.39 is 0 Å². The summed E-state index contributed by atoms with van der Waals surface area (Å²) in [6.07, 6.45) is 0. The van der Waals surface area contributed by atoms with Gasteiger partial charge in [0.25, 0.3) is 0 Å². The third kappa shape index (κ3) is 3.79. The van der Waals surface area contributed by atoms with Crippen LogP contribution in [0.4, 0.5) is 0 Å². The number of halogens is 1. The van der Waals surface area contributed by atoms with Crippen molar-refractivity contribution in [2.75, 3.05) is 5.88 Å². The Balaban J connectivity index is 2.09. The van der Waals surface area contributed by atoms with Crippen molar-refractivity contribution in [1.29, 1.82) is 5.26 Å². The van der Waals surface area contributed by atoms with E-state index in [4.69, 9.17) is 21.6 Å². The number of hydrogen-bond donors (Lipinski definition) is 0. The first-order valence-electron chi connectivity index (χ1n) is 6.09. The fourth-order valence-corrected chi connectivity index (χ4v) is 1.78. The molecule has 98 valence electrons. The van der Waals surface area contributed by atoms with Gasteiger partial charge in [0, 0.05) is 11.1 Å². The second-order valence-electron chi connectivity index (χ2n) is 4.02. The Hall–Kier alpha value is -2.42. The summed E-state index contributed by atoms with van der Waals surface area (Å²) in [5.41, 5.74) is 2.36. The highest BCUT2D eigenvalue weighted by Gasteiger charge is 2.02. The van der Waals surface area contributed by atoms with Crippen molar-refractivity contribution in [3.63, 3.8) is 0 Å². The molecule has 20 heavy (non-hydrogen) atoms. The summed E-state index contributed by atoms with van der Waals surface area (Å²) in [4.78, 5) is 0. The number of ether oxygens (including phenoxy) is 1. The topological polar surface area (TPSA) is 33.0 Å². The van der Waals surface area contributed by atoms with Crippen LogP contribution in [0.5, 0.6) is 5.75 Å². The van der Waals surface area contributed by atoms with Crippen LogP contribution in [0, 0.1) is 23.2 Å². The second kappa shape index (κ2) is 7.24. The third-order valence-electron chi connectivity index (χ3n) is 2.67. The first kappa shape index (κ1) is 14.0. The van der Waals surface area contributed by atoms with Gasteiger partial charge in [0.1, 0.15) is 12.4 Å². The highest BCUT2D eigenvalue weighted by Crippen LogP contribution is 2.16. The van der Waals surface area contributed by atoms with Crippen LogP contribution in [0.1, 0.15) is 16.7 Å². The zero-order valence-corrected chi connectivity index (χ0v) is 11.5. The predicted molar refractivity (Wildman–Crippen MR) is 79.5 cm³/mol. The fourth-order valence-electron chi connectivity index (χ4n) is 1.72. The lowest BCUT2D eigenvalue weighted by molar-refractivity contribution is 0.306. The number of rotatable bonds is 3. The molecule has 0 aliphatic rings. The number of nitriles is 1.